The van der Waals surface area contributed by atoms with Crippen LogP contribution in [0.15, 0.2) is 30.5 Å². The summed E-state index contributed by atoms with van der Waals surface area (Å²) >= 11 is 0. The van der Waals surface area contributed by atoms with Crippen LogP contribution in [0.3, 0.4) is 0 Å². The fraction of sp³-hybridized carbons (Fsp3) is 0.519. The van der Waals surface area contributed by atoms with Crippen LogP contribution in [0, 0.1) is 5.92 Å². The number of carbonyl (C=O) groups is 5. The van der Waals surface area contributed by atoms with E-state index in [1.165, 1.54) is 0 Å². The van der Waals surface area contributed by atoms with Gasteiger partial charge in [0.05, 0.1) is 12.5 Å². The molecule has 11 N–H and O–H groups in total. The molecule has 1 aromatic heterocycles. The lowest BCUT2D eigenvalue weighted by Gasteiger charge is -2.28. The number of primary amides is 1. The fourth-order valence-corrected chi connectivity index (χ4v) is 4.29. The number of H-pyrrole nitrogens is 1. The SMILES string of the molecule is CCC(C)C(NC(=O)C(N)CC(N)=O)C(=O)NC(CCCCN)C(=O)NC(Cc1c[nH]c2ccccc12)C(=O)O. The van der Waals surface area contributed by atoms with E-state index in [0.29, 0.717) is 25.8 Å². The first-order valence-electron chi connectivity index (χ1n) is 13.4. The number of aliphatic carboxylic acids is 1. The van der Waals surface area contributed by atoms with Crippen LogP contribution in [0.5, 0.6) is 0 Å². The zero-order valence-corrected chi connectivity index (χ0v) is 22.9. The molecule has 220 valence electrons. The number of benzene rings is 1. The molecule has 1 heterocycles. The van der Waals surface area contributed by atoms with Crippen molar-refractivity contribution in [1.29, 1.82) is 0 Å². The number of carbonyl (C=O) groups excluding carboxylic acids is 4. The summed E-state index contributed by atoms with van der Waals surface area (Å²) in [6, 6.07) is 2.80. The Morgan fingerprint density at radius 1 is 0.975 bits per heavy atom. The number of fused-ring (bicyclic) bond motifs is 1. The van der Waals surface area contributed by atoms with Crippen LogP contribution in [0.25, 0.3) is 10.9 Å². The van der Waals surface area contributed by atoms with Crippen molar-refractivity contribution in [2.24, 2.45) is 23.1 Å². The molecule has 0 aliphatic rings. The Labute approximate surface area is 233 Å². The van der Waals surface area contributed by atoms with Crippen molar-refractivity contribution in [2.75, 3.05) is 6.54 Å². The van der Waals surface area contributed by atoms with Crippen LogP contribution < -0.4 is 33.2 Å². The predicted molar refractivity (Wildman–Crippen MR) is 150 cm³/mol. The van der Waals surface area contributed by atoms with Crippen molar-refractivity contribution in [2.45, 2.75) is 76.5 Å². The van der Waals surface area contributed by atoms with E-state index >= 15 is 0 Å². The maximum Gasteiger partial charge on any atom is 0.326 e. The molecule has 5 unspecified atom stereocenters. The summed E-state index contributed by atoms with van der Waals surface area (Å²) in [6.07, 6.45) is 3.14. The Morgan fingerprint density at radius 3 is 2.27 bits per heavy atom. The van der Waals surface area contributed by atoms with Gasteiger partial charge in [-0.15, -0.1) is 0 Å². The Morgan fingerprint density at radius 2 is 1.65 bits per heavy atom. The highest BCUT2D eigenvalue weighted by Crippen LogP contribution is 2.19. The zero-order chi connectivity index (χ0) is 29.8. The van der Waals surface area contributed by atoms with Gasteiger partial charge >= 0.3 is 5.97 Å². The van der Waals surface area contributed by atoms with Crippen LogP contribution in [0.1, 0.15) is 51.5 Å². The Kier molecular flexibility index (Phi) is 12.6. The molecule has 4 amide bonds. The van der Waals surface area contributed by atoms with Gasteiger partial charge < -0.3 is 43.2 Å². The summed E-state index contributed by atoms with van der Waals surface area (Å²) in [5, 5.41) is 18.5. The quantitative estimate of drug-likeness (QED) is 0.119. The molecule has 13 nitrogen and oxygen atoms in total. The predicted octanol–water partition coefficient (Wildman–Crippen LogP) is -0.373. The number of carboxylic acid groups (broad SMARTS) is 1. The third kappa shape index (κ3) is 9.35. The molecule has 0 radical (unpaired) electrons. The highest BCUT2D eigenvalue weighted by molar-refractivity contribution is 5.95. The summed E-state index contributed by atoms with van der Waals surface area (Å²) in [5.74, 6) is -4.36. The smallest absolute Gasteiger partial charge is 0.326 e. The minimum Gasteiger partial charge on any atom is -0.480 e. The van der Waals surface area contributed by atoms with E-state index in [-0.39, 0.29) is 18.8 Å². The molecular weight excluding hydrogens is 518 g/mol. The normalized spacial score (nSPS) is 14.9. The number of amides is 4. The topological polar surface area (TPSA) is 236 Å². The van der Waals surface area contributed by atoms with Gasteiger partial charge in [0.2, 0.25) is 23.6 Å². The van der Waals surface area contributed by atoms with Crippen LogP contribution in [-0.4, -0.2) is 70.4 Å². The Balaban J connectivity index is 2.20. The number of nitrogens with one attached hydrogen (secondary N) is 4. The van der Waals surface area contributed by atoms with Crippen LogP contribution in [0.2, 0.25) is 0 Å². The second-order valence-corrected chi connectivity index (χ2v) is 9.96. The van der Waals surface area contributed by atoms with E-state index in [2.05, 4.69) is 20.9 Å². The first-order chi connectivity index (χ1) is 19.0. The van der Waals surface area contributed by atoms with Crippen molar-refractivity contribution >= 4 is 40.5 Å². The monoisotopic (exact) mass is 559 g/mol. The van der Waals surface area contributed by atoms with Gasteiger partial charge in [0.25, 0.3) is 0 Å². The number of hydrogen-bond donors (Lipinski definition) is 8. The first kappa shape index (κ1) is 32.2. The Bertz CT molecular complexity index is 1180. The van der Waals surface area contributed by atoms with E-state index in [9.17, 15) is 29.1 Å². The van der Waals surface area contributed by atoms with E-state index in [4.69, 9.17) is 17.2 Å². The molecule has 0 saturated carbocycles. The van der Waals surface area contributed by atoms with Gasteiger partial charge in [-0.05, 0) is 43.4 Å². The van der Waals surface area contributed by atoms with E-state index < -0.39 is 60.2 Å². The molecule has 2 rings (SSSR count). The van der Waals surface area contributed by atoms with Crippen molar-refractivity contribution in [1.82, 2.24) is 20.9 Å². The average Bonchev–Trinajstić information content (AvgIpc) is 3.32. The van der Waals surface area contributed by atoms with E-state index in [0.717, 1.165) is 16.5 Å². The van der Waals surface area contributed by atoms with Gasteiger partial charge in [0.15, 0.2) is 0 Å². The van der Waals surface area contributed by atoms with Gasteiger partial charge in [0.1, 0.15) is 18.1 Å². The number of nitrogens with two attached hydrogens (primary N) is 3. The lowest BCUT2D eigenvalue weighted by atomic mass is 9.96. The average molecular weight is 560 g/mol. The Hall–Kier alpha value is -3.97. The second-order valence-electron chi connectivity index (χ2n) is 9.96. The van der Waals surface area contributed by atoms with Crippen LogP contribution in [-0.2, 0) is 30.4 Å². The maximum absolute atomic E-state index is 13.3. The number of para-hydroxylation sites is 1. The molecule has 0 bridgehead atoms. The minimum absolute atomic E-state index is 0.0257. The summed E-state index contributed by atoms with van der Waals surface area (Å²) in [6.45, 7) is 3.95. The van der Waals surface area contributed by atoms with Crippen molar-refractivity contribution in [3.8, 4) is 0 Å². The second kappa shape index (κ2) is 15.6. The molecule has 0 spiro atoms. The van der Waals surface area contributed by atoms with Gasteiger partial charge in [0, 0.05) is 23.5 Å². The number of rotatable bonds is 17. The molecule has 0 saturated heterocycles. The van der Waals surface area contributed by atoms with E-state index in [1.54, 1.807) is 13.1 Å². The largest absolute Gasteiger partial charge is 0.480 e. The molecule has 2 aromatic rings. The molecular formula is C27H41N7O6. The number of aromatic nitrogens is 1. The summed E-state index contributed by atoms with van der Waals surface area (Å²) < 4.78 is 0. The van der Waals surface area contributed by atoms with Crippen molar-refractivity contribution in [3.63, 3.8) is 0 Å². The molecule has 5 atom stereocenters. The van der Waals surface area contributed by atoms with Gasteiger partial charge in [-0.2, -0.15) is 0 Å². The third-order valence-electron chi connectivity index (χ3n) is 6.84. The highest BCUT2D eigenvalue weighted by atomic mass is 16.4. The highest BCUT2D eigenvalue weighted by Gasteiger charge is 2.32. The molecule has 0 aliphatic carbocycles. The molecule has 0 fully saturated rings. The summed E-state index contributed by atoms with van der Waals surface area (Å²) in [7, 11) is 0. The van der Waals surface area contributed by atoms with Crippen LogP contribution >= 0.6 is 0 Å². The fourth-order valence-electron chi connectivity index (χ4n) is 4.29. The minimum atomic E-state index is -1.25. The lowest BCUT2D eigenvalue weighted by Crippen LogP contribution is -2.59. The van der Waals surface area contributed by atoms with Crippen molar-refractivity contribution < 1.29 is 29.1 Å². The lowest BCUT2D eigenvalue weighted by molar-refractivity contribution is -0.142. The standard InChI is InChI=1S/C27H41N7O6/c1-3-15(2)23(34-24(36)18(29)13-22(30)35)26(38)32-20(10-6-7-11-28)25(37)33-21(27(39)40)12-16-14-31-19-9-5-4-8-17(16)19/h4-5,8-9,14-15,18,20-21,23,31H,3,6-7,10-13,28-29H2,1-2H3,(H2,30,35)(H,32,38)(H,33,37)(H,34,36)(H,39,40). The van der Waals surface area contributed by atoms with E-state index in [1.807, 2.05) is 31.2 Å². The van der Waals surface area contributed by atoms with Crippen molar-refractivity contribution in [3.05, 3.63) is 36.0 Å². The molecule has 0 aliphatic heterocycles. The van der Waals surface area contributed by atoms with Crippen LogP contribution in [0.4, 0.5) is 0 Å². The van der Waals surface area contributed by atoms with Gasteiger partial charge in [-0.3, -0.25) is 19.2 Å². The summed E-state index contributed by atoms with van der Waals surface area (Å²) in [5.41, 5.74) is 18.0. The maximum atomic E-state index is 13.3. The number of carboxylic acids is 1. The van der Waals surface area contributed by atoms with Gasteiger partial charge in [-0.25, -0.2) is 4.79 Å². The number of aromatic amines is 1. The van der Waals surface area contributed by atoms with Gasteiger partial charge in [-0.1, -0.05) is 38.5 Å². The molecule has 13 heteroatoms. The third-order valence-corrected chi connectivity index (χ3v) is 6.84. The number of hydrogen-bond acceptors (Lipinski definition) is 7. The molecule has 1 aromatic carbocycles. The first-order valence-corrected chi connectivity index (χ1v) is 13.4. The number of unbranched alkanes of at least 4 members (excludes halogenated alkanes) is 1. The molecule has 40 heavy (non-hydrogen) atoms. The zero-order valence-electron chi connectivity index (χ0n) is 22.9. The summed E-state index contributed by atoms with van der Waals surface area (Å²) in [4.78, 5) is 65.5.